The van der Waals surface area contributed by atoms with Gasteiger partial charge in [0.1, 0.15) is 0 Å². The number of hydrogen-bond acceptors (Lipinski definition) is 5. The molecule has 0 aliphatic carbocycles. The number of thiazole rings is 1. The highest BCUT2D eigenvalue weighted by atomic mass is 32.1. The summed E-state index contributed by atoms with van der Waals surface area (Å²) in [7, 11) is 0. The van der Waals surface area contributed by atoms with E-state index in [0.29, 0.717) is 18.3 Å². The largest absolute Gasteiger partial charge is 0.481 e. The third kappa shape index (κ3) is 7.07. The topological polar surface area (TPSA) is 79.3 Å². The van der Waals surface area contributed by atoms with Gasteiger partial charge in [-0.25, -0.2) is 4.98 Å². The fraction of sp³-hybridized carbons (Fsp3) is 0.550. The lowest BCUT2D eigenvalue weighted by Gasteiger charge is -2.12. The van der Waals surface area contributed by atoms with Gasteiger partial charge in [0, 0.05) is 35.1 Å². The molecule has 27 heavy (non-hydrogen) atoms. The molecular formula is C20H28N2O3S2. The molecule has 0 saturated carbocycles. The average Bonchev–Trinajstić information content (AvgIpc) is 3.22. The first-order valence-corrected chi connectivity index (χ1v) is 11.0. The lowest BCUT2D eigenvalue weighted by Crippen LogP contribution is -2.34. The second kappa shape index (κ2) is 9.99. The van der Waals surface area contributed by atoms with Crippen molar-refractivity contribution in [2.75, 3.05) is 0 Å². The van der Waals surface area contributed by atoms with Crippen LogP contribution >= 0.6 is 22.7 Å². The van der Waals surface area contributed by atoms with Crippen LogP contribution in [0, 0.1) is 0 Å². The Balaban J connectivity index is 1.85. The van der Waals surface area contributed by atoms with Crippen LogP contribution < -0.4 is 5.32 Å². The molecule has 0 bridgehead atoms. The van der Waals surface area contributed by atoms with Gasteiger partial charge in [-0.15, -0.1) is 22.7 Å². The van der Waals surface area contributed by atoms with Crippen molar-refractivity contribution in [3.63, 3.8) is 0 Å². The van der Waals surface area contributed by atoms with E-state index in [-0.39, 0.29) is 24.8 Å². The molecular weight excluding hydrogens is 380 g/mol. The number of carboxylic acids is 1. The Morgan fingerprint density at radius 3 is 2.48 bits per heavy atom. The van der Waals surface area contributed by atoms with Crippen molar-refractivity contribution in [1.82, 2.24) is 10.3 Å². The molecule has 2 unspecified atom stereocenters. The van der Waals surface area contributed by atoms with Gasteiger partial charge < -0.3 is 10.4 Å². The zero-order valence-corrected chi connectivity index (χ0v) is 18.0. The molecule has 2 rings (SSSR count). The summed E-state index contributed by atoms with van der Waals surface area (Å²) >= 11 is 3.49. The van der Waals surface area contributed by atoms with E-state index < -0.39 is 5.97 Å². The molecule has 1 amide bonds. The quantitative estimate of drug-likeness (QED) is 0.603. The van der Waals surface area contributed by atoms with Crippen molar-refractivity contribution in [3.8, 4) is 0 Å². The van der Waals surface area contributed by atoms with Crippen LogP contribution in [0.4, 0.5) is 0 Å². The van der Waals surface area contributed by atoms with E-state index >= 15 is 0 Å². The Hall–Kier alpha value is -1.73. The van der Waals surface area contributed by atoms with Crippen molar-refractivity contribution in [2.24, 2.45) is 0 Å². The van der Waals surface area contributed by atoms with Crippen LogP contribution in [-0.2, 0) is 22.4 Å². The maximum Gasteiger partial charge on any atom is 0.303 e. The highest BCUT2D eigenvalue weighted by Gasteiger charge is 2.15. The summed E-state index contributed by atoms with van der Waals surface area (Å²) < 4.78 is 0. The molecule has 0 fully saturated rings. The number of rotatable bonds is 10. The summed E-state index contributed by atoms with van der Waals surface area (Å²) in [5.74, 6) is -0.259. The van der Waals surface area contributed by atoms with Gasteiger partial charge in [-0.1, -0.05) is 20.8 Å². The first-order chi connectivity index (χ1) is 12.7. The molecule has 148 valence electrons. The number of carbonyl (C=O) groups excluding carboxylic acids is 1. The lowest BCUT2D eigenvalue weighted by molar-refractivity contribution is -0.138. The van der Waals surface area contributed by atoms with Gasteiger partial charge in [0.25, 0.3) is 0 Å². The van der Waals surface area contributed by atoms with Crippen molar-refractivity contribution < 1.29 is 14.7 Å². The Bertz CT molecular complexity index is 767. The molecule has 2 aromatic rings. The fourth-order valence-corrected chi connectivity index (χ4v) is 4.65. The number of nitrogens with one attached hydrogen (secondary N) is 1. The van der Waals surface area contributed by atoms with Gasteiger partial charge in [-0.2, -0.15) is 0 Å². The third-order valence-electron chi connectivity index (χ3n) is 4.26. The second-order valence-corrected chi connectivity index (χ2v) is 9.19. The van der Waals surface area contributed by atoms with Crippen LogP contribution in [-0.4, -0.2) is 28.0 Å². The summed E-state index contributed by atoms with van der Waals surface area (Å²) in [6, 6.07) is 2.23. The van der Waals surface area contributed by atoms with Gasteiger partial charge in [0.2, 0.25) is 5.91 Å². The van der Waals surface area contributed by atoms with E-state index in [2.05, 4.69) is 42.9 Å². The van der Waals surface area contributed by atoms with Crippen molar-refractivity contribution in [1.29, 1.82) is 0 Å². The van der Waals surface area contributed by atoms with E-state index in [1.807, 2.05) is 18.3 Å². The van der Waals surface area contributed by atoms with Gasteiger partial charge in [0.05, 0.1) is 17.1 Å². The SMILES string of the molecule is CC(Cc1csc(C(C)Cc2csc(C(C)C)c2)n1)NC(=O)CCC(=O)O. The number of amides is 1. The standard InChI is InChI=1S/C20H28N2O3S2/c1-12(2)17-9-15(10-26-17)7-13(3)20-22-16(11-27-20)8-14(4)21-18(23)5-6-19(24)25/h9-14H,5-8H2,1-4H3,(H,21,23)(H,24,25). The van der Waals surface area contributed by atoms with Crippen LogP contribution in [0.1, 0.15) is 73.5 Å². The summed E-state index contributed by atoms with van der Waals surface area (Å²) in [5.41, 5.74) is 2.34. The molecule has 2 heterocycles. The molecule has 0 radical (unpaired) electrons. The van der Waals surface area contributed by atoms with Gasteiger partial charge in [0.15, 0.2) is 0 Å². The zero-order valence-electron chi connectivity index (χ0n) is 16.3. The summed E-state index contributed by atoms with van der Waals surface area (Å²) in [6.07, 6.45) is 1.51. The molecule has 0 aliphatic heterocycles. The smallest absolute Gasteiger partial charge is 0.303 e. The third-order valence-corrected chi connectivity index (χ3v) is 6.67. The van der Waals surface area contributed by atoms with Crippen LogP contribution in [0.15, 0.2) is 16.8 Å². The molecule has 7 heteroatoms. The number of nitrogens with zero attached hydrogens (tertiary/aromatic N) is 1. The number of aliphatic carboxylic acids is 1. The molecule has 2 atom stereocenters. The fourth-order valence-electron chi connectivity index (χ4n) is 2.82. The molecule has 0 spiro atoms. The normalized spacial score (nSPS) is 13.5. The summed E-state index contributed by atoms with van der Waals surface area (Å²) in [5, 5.41) is 16.9. The van der Waals surface area contributed by atoms with Crippen molar-refractivity contribution >= 4 is 34.6 Å². The predicted molar refractivity (Wildman–Crippen MR) is 111 cm³/mol. The van der Waals surface area contributed by atoms with Crippen molar-refractivity contribution in [3.05, 3.63) is 38.0 Å². The van der Waals surface area contributed by atoms with Gasteiger partial charge in [-0.05, 0) is 36.3 Å². The lowest BCUT2D eigenvalue weighted by atomic mass is 10.0. The zero-order chi connectivity index (χ0) is 20.0. The summed E-state index contributed by atoms with van der Waals surface area (Å²) in [4.78, 5) is 28.4. The highest BCUT2D eigenvalue weighted by molar-refractivity contribution is 7.10. The van der Waals surface area contributed by atoms with Crippen molar-refractivity contribution in [2.45, 2.75) is 71.3 Å². The molecule has 2 N–H and O–H groups in total. The maximum atomic E-state index is 11.7. The minimum absolute atomic E-state index is 0.0119. The monoisotopic (exact) mass is 408 g/mol. The highest BCUT2D eigenvalue weighted by Crippen LogP contribution is 2.29. The maximum absolute atomic E-state index is 11.7. The number of carbonyl (C=O) groups is 2. The summed E-state index contributed by atoms with van der Waals surface area (Å²) in [6.45, 7) is 8.55. The second-order valence-electron chi connectivity index (χ2n) is 7.36. The Labute approximate surface area is 168 Å². The molecule has 2 aromatic heterocycles. The van der Waals surface area contributed by atoms with Crippen LogP contribution in [0.5, 0.6) is 0 Å². The van der Waals surface area contributed by atoms with E-state index in [0.717, 1.165) is 17.1 Å². The van der Waals surface area contributed by atoms with E-state index in [9.17, 15) is 9.59 Å². The molecule has 5 nitrogen and oxygen atoms in total. The Morgan fingerprint density at radius 2 is 1.85 bits per heavy atom. The first kappa shape index (κ1) is 21.6. The molecule has 0 aromatic carbocycles. The van der Waals surface area contributed by atoms with Gasteiger partial charge >= 0.3 is 5.97 Å². The number of hydrogen-bond donors (Lipinski definition) is 2. The Kier molecular flexibility index (Phi) is 7.98. The van der Waals surface area contributed by atoms with E-state index in [4.69, 9.17) is 10.1 Å². The van der Waals surface area contributed by atoms with Gasteiger partial charge in [-0.3, -0.25) is 9.59 Å². The minimum Gasteiger partial charge on any atom is -0.481 e. The average molecular weight is 409 g/mol. The molecule has 0 aliphatic rings. The Morgan fingerprint density at radius 1 is 1.11 bits per heavy atom. The number of aromatic nitrogens is 1. The van der Waals surface area contributed by atoms with Crippen LogP contribution in [0.3, 0.4) is 0 Å². The van der Waals surface area contributed by atoms with Crippen LogP contribution in [0.2, 0.25) is 0 Å². The first-order valence-electron chi connectivity index (χ1n) is 9.27. The number of thiophene rings is 1. The minimum atomic E-state index is -0.956. The van der Waals surface area contributed by atoms with Crippen LogP contribution in [0.25, 0.3) is 0 Å². The predicted octanol–water partition coefficient (Wildman–Crippen LogP) is 4.59. The van der Waals surface area contributed by atoms with E-state index in [1.165, 1.54) is 10.4 Å². The number of carboxylic acid groups (broad SMARTS) is 1. The molecule has 0 saturated heterocycles. The van der Waals surface area contributed by atoms with E-state index in [1.54, 1.807) is 11.3 Å².